The number of fused-ring (bicyclic) bond motifs is 1. The minimum Gasteiger partial charge on any atom is -0.412 e. The first-order chi connectivity index (χ1) is 14.1. The lowest BCUT2D eigenvalue weighted by Gasteiger charge is -2.44. The Bertz CT molecular complexity index is 679. The summed E-state index contributed by atoms with van der Waals surface area (Å²) < 4.78 is 0. The maximum absolute atomic E-state index is 10.3. The standard InChI is InChI=1S/C27H44O3.H2O/c1-17(2)25(29)13-8-18(3)23-11-12-24-20(7-6-14-27(23,24)5)9-10-21-15-22(28)16-26(30)19(21)4;/h9-10,17-18,22-26,28-30H,4,6-8,11-16H2,1-3,5H3;1H2/b20-9+,21-10-;/t18-,22-,23-,24+,25+,26+,27-;/m1./s1. The molecule has 3 fully saturated rings. The normalized spacial score (nSPS) is 38.3. The van der Waals surface area contributed by atoms with Crippen LogP contribution in [0.4, 0.5) is 0 Å². The Hall–Kier alpha value is -0.940. The third-order valence-corrected chi connectivity index (χ3v) is 8.68. The number of rotatable bonds is 6. The van der Waals surface area contributed by atoms with E-state index in [1.165, 1.54) is 25.7 Å². The first kappa shape index (κ1) is 26.3. The average Bonchev–Trinajstić information content (AvgIpc) is 3.04. The van der Waals surface area contributed by atoms with E-state index < -0.39 is 12.2 Å². The van der Waals surface area contributed by atoms with Crippen molar-refractivity contribution in [1.82, 2.24) is 0 Å². The number of aliphatic hydroxyl groups is 3. The molecule has 0 aliphatic heterocycles. The first-order valence-electron chi connectivity index (χ1n) is 12.3. The van der Waals surface area contributed by atoms with E-state index in [9.17, 15) is 15.3 Å². The zero-order chi connectivity index (χ0) is 22.1. The van der Waals surface area contributed by atoms with Crippen LogP contribution in [-0.4, -0.2) is 39.1 Å². The zero-order valence-electron chi connectivity index (χ0n) is 20.1. The minimum atomic E-state index is -0.618. The van der Waals surface area contributed by atoms with Crippen molar-refractivity contribution < 1.29 is 20.8 Å². The molecule has 0 heterocycles. The fraction of sp³-hybridized carbons (Fsp3) is 0.778. The molecule has 4 nitrogen and oxygen atoms in total. The smallest absolute Gasteiger partial charge is 0.0811 e. The molecule has 0 unspecified atom stereocenters. The highest BCUT2D eigenvalue weighted by Crippen LogP contribution is 2.60. The van der Waals surface area contributed by atoms with E-state index in [2.05, 4.69) is 46.4 Å². The van der Waals surface area contributed by atoms with Gasteiger partial charge in [-0.3, -0.25) is 0 Å². The van der Waals surface area contributed by atoms with Gasteiger partial charge < -0.3 is 20.8 Å². The molecule has 3 rings (SSSR count). The van der Waals surface area contributed by atoms with E-state index in [4.69, 9.17) is 0 Å². The summed E-state index contributed by atoms with van der Waals surface area (Å²) in [6, 6.07) is 0. The Morgan fingerprint density at radius 2 is 1.84 bits per heavy atom. The predicted octanol–water partition coefficient (Wildman–Crippen LogP) is 4.74. The van der Waals surface area contributed by atoms with Gasteiger partial charge in [-0.2, -0.15) is 0 Å². The molecule has 0 aromatic carbocycles. The van der Waals surface area contributed by atoms with Gasteiger partial charge in [0.15, 0.2) is 0 Å². The summed E-state index contributed by atoms with van der Waals surface area (Å²) in [5, 5.41) is 30.4. The molecular weight excluding hydrogens is 388 g/mol. The SMILES string of the molecule is C=C1/C(=C\C=C2/CCC[C@]3(C)[C@@H]([C@H](C)CC[C@H](O)C(C)C)CC[C@@H]23)C[C@@H](O)C[C@@H]1O.O. The topological polar surface area (TPSA) is 92.2 Å². The van der Waals surface area contributed by atoms with E-state index in [0.29, 0.717) is 36.0 Å². The number of allylic oxidation sites excluding steroid dienone is 3. The first-order valence-corrected chi connectivity index (χ1v) is 12.3. The Morgan fingerprint density at radius 1 is 1.13 bits per heavy atom. The van der Waals surface area contributed by atoms with Gasteiger partial charge in [0, 0.05) is 6.42 Å². The van der Waals surface area contributed by atoms with Crippen molar-refractivity contribution in [1.29, 1.82) is 0 Å². The fourth-order valence-corrected chi connectivity index (χ4v) is 6.65. The highest BCUT2D eigenvalue weighted by atomic mass is 16.3. The van der Waals surface area contributed by atoms with E-state index in [1.807, 2.05) is 0 Å². The van der Waals surface area contributed by atoms with E-state index >= 15 is 0 Å². The minimum absolute atomic E-state index is 0. The van der Waals surface area contributed by atoms with E-state index in [-0.39, 0.29) is 11.6 Å². The molecule has 3 aliphatic carbocycles. The molecular formula is C27H46O4. The van der Waals surface area contributed by atoms with Crippen molar-refractivity contribution in [2.75, 3.05) is 0 Å². The molecule has 3 saturated carbocycles. The van der Waals surface area contributed by atoms with E-state index in [1.54, 1.807) is 5.57 Å². The summed E-state index contributed by atoms with van der Waals surface area (Å²) in [5.41, 5.74) is 3.69. The van der Waals surface area contributed by atoms with Crippen molar-refractivity contribution in [3.05, 3.63) is 35.5 Å². The molecule has 4 heteroatoms. The summed E-state index contributed by atoms with van der Waals surface area (Å²) in [6.07, 6.45) is 12.4. The Kier molecular flexibility index (Phi) is 9.15. The van der Waals surface area contributed by atoms with Gasteiger partial charge in [0.25, 0.3) is 0 Å². The molecule has 0 spiro atoms. The second kappa shape index (κ2) is 10.8. The lowest BCUT2D eigenvalue weighted by Crippen LogP contribution is -2.36. The van der Waals surface area contributed by atoms with Crippen LogP contribution in [0.2, 0.25) is 0 Å². The number of aliphatic hydroxyl groups excluding tert-OH is 3. The van der Waals surface area contributed by atoms with Crippen LogP contribution in [-0.2, 0) is 0 Å². The van der Waals surface area contributed by atoms with Crippen molar-refractivity contribution in [2.24, 2.45) is 29.1 Å². The van der Waals surface area contributed by atoms with Crippen LogP contribution in [0.5, 0.6) is 0 Å². The lowest BCUT2D eigenvalue weighted by molar-refractivity contribution is 0.0717. The maximum atomic E-state index is 10.3. The maximum Gasteiger partial charge on any atom is 0.0811 e. The van der Waals surface area contributed by atoms with Gasteiger partial charge in [-0.25, -0.2) is 0 Å². The van der Waals surface area contributed by atoms with Crippen LogP contribution in [0.25, 0.3) is 0 Å². The quantitative estimate of drug-likeness (QED) is 0.564. The van der Waals surface area contributed by atoms with Crippen LogP contribution in [0.3, 0.4) is 0 Å². The fourth-order valence-electron chi connectivity index (χ4n) is 6.65. The largest absolute Gasteiger partial charge is 0.412 e. The van der Waals surface area contributed by atoms with E-state index in [0.717, 1.165) is 36.3 Å². The molecule has 31 heavy (non-hydrogen) atoms. The second-order valence-electron chi connectivity index (χ2n) is 11.0. The Labute approximate surface area is 189 Å². The van der Waals surface area contributed by atoms with Gasteiger partial charge >= 0.3 is 0 Å². The number of hydrogen-bond acceptors (Lipinski definition) is 3. The van der Waals surface area contributed by atoms with Gasteiger partial charge in [-0.05, 0) is 91.6 Å². The molecule has 7 atom stereocenters. The van der Waals surface area contributed by atoms with Gasteiger partial charge in [-0.15, -0.1) is 0 Å². The third kappa shape index (κ3) is 5.71. The second-order valence-corrected chi connectivity index (χ2v) is 11.0. The molecule has 0 amide bonds. The summed E-state index contributed by atoms with van der Waals surface area (Å²) in [7, 11) is 0. The molecule has 0 saturated heterocycles. The van der Waals surface area contributed by atoms with Crippen LogP contribution in [0.1, 0.15) is 85.5 Å². The lowest BCUT2D eigenvalue weighted by atomic mass is 9.60. The van der Waals surface area contributed by atoms with Crippen LogP contribution >= 0.6 is 0 Å². The number of hydrogen-bond donors (Lipinski definition) is 3. The molecule has 0 aromatic rings. The molecule has 3 aliphatic rings. The van der Waals surface area contributed by atoms with Crippen molar-refractivity contribution >= 4 is 0 Å². The molecule has 0 bridgehead atoms. The van der Waals surface area contributed by atoms with Gasteiger partial charge in [-0.1, -0.05) is 52.0 Å². The molecule has 5 N–H and O–H groups in total. The highest BCUT2D eigenvalue weighted by Gasteiger charge is 2.50. The van der Waals surface area contributed by atoms with Crippen molar-refractivity contribution in [3.63, 3.8) is 0 Å². The van der Waals surface area contributed by atoms with Gasteiger partial charge in [0.2, 0.25) is 0 Å². The van der Waals surface area contributed by atoms with Crippen LogP contribution in [0, 0.1) is 29.1 Å². The third-order valence-electron chi connectivity index (χ3n) is 8.68. The summed E-state index contributed by atoms with van der Waals surface area (Å²) in [5.74, 6) is 2.35. The monoisotopic (exact) mass is 434 g/mol. The van der Waals surface area contributed by atoms with Crippen LogP contribution < -0.4 is 0 Å². The summed E-state index contributed by atoms with van der Waals surface area (Å²) >= 11 is 0. The Balaban J connectivity index is 0.00000341. The molecule has 0 aromatic heterocycles. The van der Waals surface area contributed by atoms with Crippen molar-refractivity contribution in [3.8, 4) is 0 Å². The zero-order valence-corrected chi connectivity index (χ0v) is 20.1. The Morgan fingerprint density at radius 3 is 2.52 bits per heavy atom. The molecule has 0 radical (unpaired) electrons. The average molecular weight is 435 g/mol. The van der Waals surface area contributed by atoms with Gasteiger partial charge in [0.1, 0.15) is 0 Å². The highest BCUT2D eigenvalue weighted by molar-refractivity contribution is 5.38. The van der Waals surface area contributed by atoms with Crippen LogP contribution in [0.15, 0.2) is 35.5 Å². The van der Waals surface area contributed by atoms with Gasteiger partial charge in [0.05, 0.1) is 18.3 Å². The van der Waals surface area contributed by atoms with Crippen molar-refractivity contribution in [2.45, 2.75) is 104 Å². The summed E-state index contributed by atoms with van der Waals surface area (Å²) in [4.78, 5) is 0. The predicted molar refractivity (Wildman–Crippen MR) is 128 cm³/mol. The summed E-state index contributed by atoms with van der Waals surface area (Å²) in [6.45, 7) is 13.2. The molecule has 178 valence electrons.